The Balaban J connectivity index is 1.06. The van der Waals surface area contributed by atoms with Gasteiger partial charge in [-0.05, 0) is 195 Å². The van der Waals surface area contributed by atoms with Crippen molar-refractivity contribution in [1.82, 2.24) is 15.5 Å². The normalized spacial score (nSPS) is 26.1. The third-order valence-electron chi connectivity index (χ3n) is 18.3. The number of rotatable bonds is 27. The predicted octanol–water partition coefficient (Wildman–Crippen LogP) is 16.4. The summed E-state index contributed by atoms with van der Waals surface area (Å²) in [5.41, 5.74) is 2.04. The number of hydrogen-bond donors (Lipinski definition) is 2. The van der Waals surface area contributed by atoms with Gasteiger partial charge in [0.25, 0.3) is 0 Å². The lowest BCUT2D eigenvalue weighted by Gasteiger charge is -2.58. The number of nitrogens with one attached hydrogen (secondary N) is 2. The Morgan fingerprint density at radius 1 is 0.806 bits per heavy atom. The molecule has 3 saturated carbocycles. The fraction of sp³-hybridized carbons (Fsp3) is 0.820. The van der Waals surface area contributed by atoms with Gasteiger partial charge in [0.05, 0.1) is 7.11 Å². The molecule has 0 heterocycles. The van der Waals surface area contributed by atoms with Gasteiger partial charge in [-0.15, -0.1) is 0 Å². The highest BCUT2D eigenvalue weighted by Gasteiger charge is 2.59. The molecule has 0 aliphatic heterocycles. The fourth-order valence-corrected chi connectivity index (χ4v) is 16.5. The molecule has 9 atom stereocenters. The maximum absolute atomic E-state index is 14.0. The van der Waals surface area contributed by atoms with Gasteiger partial charge >= 0.3 is 12.2 Å². The highest BCUT2D eigenvalue weighted by atomic mass is 33.1. The SMILES string of the molecule is CC[C@H](CC[C@@H](C)[C@H]1CC[C@H]2[C@@H]3CC=C4C[C@@H](SSCCC(=O)N(CCCCCCCC(C)(C)NC(=O)OCc5ccc(OC)cc5)CCC(C)(C)NC(=O)OC(C)(C)C)CC[C@]4(C)[C@H]3CC[C@]12C)C(C)C. The molecule has 410 valence electrons. The van der Waals surface area contributed by atoms with Crippen LogP contribution < -0.4 is 15.4 Å². The number of ether oxygens (including phenoxy) is 3. The van der Waals surface area contributed by atoms with E-state index in [0.717, 1.165) is 97.0 Å². The van der Waals surface area contributed by atoms with E-state index in [1.807, 2.05) is 99.2 Å². The highest BCUT2D eigenvalue weighted by Crippen LogP contribution is 2.68. The number of methoxy groups -OCH3 is 1. The van der Waals surface area contributed by atoms with Crippen molar-refractivity contribution in [3.63, 3.8) is 0 Å². The zero-order chi connectivity index (χ0) is 52.9. The van der Waals surface area contributed by atoms with Gasteiger partial charge in [-0.25, -0.2) is 9.59 Å². The number of amides is 3. The van der Waals surface area contributed by atoms with Gasteiger partial charge < -0.3 is 29.7 Å². The van der Waals surface area contributed by atoms with E-state index >= 15 is 0 Å². The first-order chi connectivity index (χ1) is 33.9. The topological polar surface area (TPSA) is 106 Å². The summed E-state index contributed by atoms with van der Waals surface area (Å²) in [6, 6.07) is 7.51. The van der Waals surface area contributed by atoms with E-state index in [2.05, 4.69) is 58.3 Å². The average molecular weight is 1040 g/mol. The molecule has 1 aromatic carbocycles. The van der Waals surface area contributed by atoms with E-state index in [9.17, 15) is 14.4 Å². The van der Waals surface area contributed by atoms with Crippen molar-refractivity contribution in [3.8, 4) is 5.75 Å². The van der Waals surface area contributed by atoms with Crippen LogP contribution in [0, 0.1) is 52.3 Å². The number of fused-ring (bicyclic) bond motifs is 5. The molecule has 4 aliphatic rings. The second-order valence-electron chi connectivity index (χ2n) is 26.1. The van der Waals surface area contributed by atoms with Gasteiger partial charge in [0.1, 0.15) is 18.0 Å². The summed E-state index contributed by atoms with van der Waals surface area (Å²) in [6.07, 6.45) is 23.9. The molecule has 4 aliphatic carbocycles. The molecule has 0 saturated heterocycles. The summed E-state index contributed by atoms with van der Waals surface area (Å²) in [4.78, 5) is 41.3. The second kappa shape index (κ2) is 27.0. The zero-order valence-electron chi connectivity index (χ0n) is 48.0. The highest BCUT2D eigenvalue weighted by molar-refractivity contribution is 8.76. The molecule has 72 heavy (non-hydrogen) atoms. The van der Waals surface area contributed by atoms with Crippen LogP contribution in [0.15, 0.2) is 35.9 Å². The number of allylic oxidation sites excluding steroid dienone is 2. The first-order valence-electron chi connectivity index (χ1n) is 28.7. The Hall–Kier alpha value is -2.53. The number of carbonyl (C=O) groups is 3. The summed E-state index contributed by atoms with van der Waals surface area (Å²) in [5, 5.41) is 6.69. The molecule has 2 N–H and O–H groups in total. The fourth-order valence-electron chi connectivity index (χ4n) is 13.9. The van der Waals surface area contributed by atoms with Crippen LogP contribution in [0.2, 0.25) is 0 Å². The smallest absolute Gasteiger partial charge is 0.408 e. The van der Waals surface area contributed by atoms with Gasteiger partial charge in [0.15, 0.2) is 0 Å². The molecule has 1 aromatic rings. The lowest BCUT2D eigenvalue weighted by atomic mass is 9.47. The van der Waals surface area contributed by atoms with Crippen molar-refractivity contribution in [2.24, 2.45) is 52.3 Å². The van der Waals surface area contributed by atoms with Crippen LogP contribution in [0.25, 0.3) is 0 Å². The van der Waals surface area contributed by atoms with Crippen molar-refractivity contribution < 1.29 is 28.6 Å². The number of carbonyl (C=O) groups excluding carboxylic acids is 3. The van der Waals surface area contributed by atoms with Crippen LogP contribution in [-0.4, -0.2) is 70.9 Å². The molecule has 0 spiro atoms. The van der Waals surface area contributed by atoms with E-state index in [1.165, 1.54) is 70.6 Å². The standard InChI is InChI=1S/C61H103N3O6S2/c1-15-46(43(2)3)24-21-44(4)51-29-30-52-50-28-25-47-41-49(31-35-60(47,12)53(50)32-36-61(51,52)13)72-71-40-33-54(65)64(39-37-59(10,11)63-56(67)70-57(5,6)7)38-20-18-16-17-19-34-58(8,9)62-55(66)69-42-45-22-26-48(68-14)27-23-45/h22-23,25-27,43-44,46,49-53H,15-21,24,28-42H2,1-14H3,(H,62,66)(H,63,67)/t44-,46-,49+,50+,51-,52+,53+,60+,61-/m1/s1. The number of benzene rings is 1. The number of hydrogen-bond acceptors (Lipinski definition) is 8. The van der Waals surface area contributed by atoms with Gasteiger partial charge in [0, 0.05) is 41.6 Å². The molecular formula is C61H103N3O6S2. The van der Waals surface area contributed by atoms with Gasteiger partial charge in [-0.3, -0.25) is 4.79 Å². The quantitative estimate of drug-likeness (QED) is 0.0510. The van der Waals surface area contributed by atoms with E-state index in [-0.39, 0.29) is 18.1 Å². The Bertz CT molecular complexity index is 1900. The Morgan fingerprint density at radius 3 is 2.17 bits per heavy atom. The summed E-state index contributed by atoms with van der Waals surface area (Å²) < 4.78 is 16.3. The maximum atomic E-state index is 14.0. The van der Waals surface area contributed by atoms with Crippen molar-refractivity contribution in [2.45, 2.75) is 241 Å². The Morgan fingerprint density at radius 2 is 1.49 bits per heavy atom. The van der Waals surface area contributed by atoms with Crippen LogP contribution in [-0.2, 0) is 20.9 Å². The predicted molar refractivity (Wildman–Crippen MR) is 303 cm³/mol. The Labute approximate surface area is 447 Å². The molecular weight excluding hydrogens is 935 g/mol. The van der Waals surface area contributed by atoms with Crippen LogP contribution in [0.4, 0.5) is 9.59 Å². The number of unbranched alkanes of at least 4 members (excludes halogenated alkanes) is 4. The van der Waals surface area contributed by atoms with Crippen LogP contribution in [0.5, 0.6) is 5.75 Å². The van der Waals surface area contributed by atoms with Crippen LogP contribution in [0.3, 0.4) is 0 Å². The monoisotopic (exact) mass is 1040 g/mol. The van der Waals surface area contributed by atoms with Crippen molar-refractivity contribution in [1.29, 1.82) is 0 Å². The van der Waals surface area contributed by atoms with E-state index in [1.54, 1.807) is 12.7 Å². The van der Waals surface area contributed by atoms with Gasteiger partial charge in [-0.1, -0.05) is 125 Å². The van der Waals surface area contributed by atoms with E-state index < -0.39 is 23.3 Å². The molecule has 5 rings (SSSR count). The first kappa shape index (κ1) is 60.3. The lowest BCUT2D eigenvalue weighted by molar-refractivity contribution is -0.131. The third-order valence-corrected chi connectivity index (χ3v) is 21.2. The summed E-state index contributed by atoms with van der Waals surface area (Å²) in [6.45, 7) is 30.4. The van der Waals surface area contributed by atoms with Crippen molar-refractivity contribution >= 4 is 39.7 Å². The minimum Gasteiger partial charge on any atom is -0.497 e. The van der Waals surface area contributed by atoms with E-state index in [4.69, 9.17) is 14.2 Å². The summed E-state index contributed by atoms with van der Waals surface area (Å²) in [5.74, 6) is 7.77. The minimum absolute atomic E-state index is 0.202. The number of alkyl carbamates (subject to hydrolysis) is 2. The molecule has 11 heteroatoms. The van der Waals surface area contributed by atoms with Crippen molar-refractivity contribution in [3.05, 3.63) is 41.5 Å². The van der Waals surface area contributed by atoms with Crippen LogP contribution >= 0.6 is 21.6 Å². The average Bonchev–Trinajstić information content (AvgIpc) is 3.66. The molecule has 0 unspecified atom stereocenters. The molecule has 0 bridgehead atoms. The zero-order valence-corrected chi connectivity index (χ0v) is 49.6. The molecule has 3 amide bonds. The van der Waals surface area contributed by atoms with Gasteiger partial charge in [0.2, 0.25) is 5.91 Å². The lowest BCUT2D eigenvalue weighted by Crippen LogP contribution is -2.50. The largest absolute Gasteiger partial charge is 0.497 e. The first-order valence-corrected chi connectivity index (χ1v) is 31.1. The molecule has 0 radical (unpaired) electrons. The second-order valence-corrected chi connectivity index (χ2v) is 28.9. The molecule has 9 nitrogen and oxygen atoms in total. The van der Waals surface area contributed by atoms with E-state index in [0.29, 0.717) is 42.0 Å². The molecule has 3 fully saturated rings. The van der Waals surface area contributed by atoms with Gasteiger partial charge in [-0.2, -0.15) is 0 Å². The molecule has 0 aromatic heterocycles. The summed E-state index contributed by atoms with van der Waals surface area (Å²) in [7, 11) is 5.57. The van der Waals surface area contributed by atoms with Crippen molar-refractivity contribution in [2.75, 3.05) is 26.0 Å². The number of nitrogens with zero attached hydrogens (tertiary/aromatic N) is 1. The van der Waals surface area contributed by atoms with Crippen LogP contribution in [0.1, 0.15) is 218 Å². The maximum Gasteiger partial charge on any atom is 0.408 e. The Kier molecular flexibility index (Phi) is 22.6. The summed E-state index contributed by atoms with van der Waals surface area (Å²) >= 11 is 0. The minimum atomic E-state index is -0.580. The third kappa shape index (κ3) is 17.5.